The van der Waals surface area contributed by atoms with Crippen LogP contribution in [0, 0.1) is 17.7 Å². The summed E-state index contributed by atoms with van der Waals surface area (Å²) in [6.07, 6.45) is 4.12. The van der Waals surface area contributed by atoms with E-state index in [0.29, 0.717) is 5.56 Å². The van der Waals surface area contributed by atoms with Crippen LogP contribution in [0.5, 0.6) is 0 Å². The van der Waals surface area contributed by atoms with Gasteiger partial charge in [0.2, 0.25) is 0 Å². The van der Waals surface area contributed by atoms with Crippen LogP contribution in [0.4, 0.5) is 4.39 Å². The fourth-order valence-corrected chi connectivity index (χ4v) is 2.85. The molecule has 1 aliphatic rings. The Hall–Kier alpha value is -1.71. The molecule has 0 spiro atoms. The predicted octanol–water partition coefficient (Wildman–Crippen LogP) is 3.22. The fraction of sp³-hybridized carbons (Fsp3) is 0.500. The minimum Gasteiger partial charge on any atom is -0.481 e. The van der Waals surface area contributed by atoms with Crippen LogP contribution in [0.15, 0.2) is 24.3 Å². The minimum atomic E-state index is -0.986. The molecule has 20 heavy (non-hydrogen) atoms. The van der Waals surface area contributed by atoms with Crippen LogP contribution in [-0.2, 0) is 16.0 Å². The van der Waals surface area contributed by atoms with E-state index in [1.54, 1.807) is 12.1 Å². The van der Waals surface area contributed by atoms with Crippen molar-refractivity contribution in [2.75, 3.05) is 0 Å². The average molecular weight is 278 g/mol. The SMILES string of the molecule is O=C(O)C(CC(=O)C1CCCC1)Cc1cccc(F)c1. The summed E-state index contributed by atoms with van der Waals surface area (Å²) < 4.78 is 13.1. The third kappa shape index (κ3) is 3.89. The summed E-state index contributed by atoms with van der Waals surface area (Å²) in [4.78, 5) is 23.4. The van der Waals surface area contributed by atoms with Crippen LogP contribution >= 0.6 is 0 Å². The number of hydrogen-bond donors (Lipinski definition) is 1. The Morgan fingerprint density at radius 2 is 2.00 bits per heavy atom. The van der Waals surface area contributed by atoms with Crippen LogP contribution in [-0.4, -0.2) is 16.9 Å². The summed E-state index contributed by atoms with van der Waals surface area (Å²) in [6, 6.07) is 5.90. The molecule has 1 saturated carbocycles. The van der Waals surface area contributed by atoms with E-state index in [9.17, 15) is 19.1 Å². The molecular formula is C16H19FO3. The zero-order chi connectivity index (χ0) is 14.5. The summed E-state index contributed by atoms with van der Waals surface area (Å²) in [7, 11) is 0. The number of rotatable bonds is 6. The summed E-state index contributed by atoms with van der Waals surface area (Å²) in [6.45, 7) is 0. The molecule has 0 amide bonds. The lowest BCUT2D eigenvalue weighted by Gasteiger charge is -2.14. The lowest BCUT2D eigenvalue weighted by molar-refractivity contribution is -0.144. The number of ketones is 1. The van der Waals surface area contributed by atoms with Crippen molar-refractivity contribution >= 4 is 11.8 Å². The quantitative estimate of drug-likeness (QED) is 0.869. The maximum Gasteiger partial charge on any atom is 0.307 e. The van der Waals surface area contributed by atoms with Gasteiger partial charge in [0.15, 0.2) is 0 Å². The first-order valence-electron chi connectivity index (χ1n) is 7.06. The van der Waals surface area contributed by atoms with Gasteiger partial charge in [0.05, 0.1) is 5.92 Å². The van der Waals surface area contributed by atoms with Gasteiger partial charge in [-0.1, -0.05) is 25.0 Å². The number of carboxylic acids is 1. The van der Waals surface area contributed by atoms with Gasteiger partial charge in [-0.25, -0.2) is 4.39 Å². The van der Waals surface area contributed by atoms with Gasteiger partial charge in [0.1, 0.15) is 11.6 Å². The normalized spacial score (nSPS) is 17.1. The zero-order valence-corrected chi connectivity index (χ0v) is 11.3. The number of Topliss-reactive ketones (excluding diaryl/α,β-unsaturated/α-hetero) is 1. The molecule has 0 heterocycles. The van der Waals surface area contributed by atoms with Crippen LogP contribution in [0.1, 0.15) is 37.7 Å². The van der Waals surface area contributed by atoms with Crippen LogP contribution in [0.25, 0.3) is 0 Å². The van der Waals surface area contributed by atoms with Crippen LogP contribution in [0.2, 0.25) is 0 Å². The first-order valence-corrected chi connectivity index (χ1v) is 7.06. The molecule has 108 valence electrons. The zero-order valence-electron chi connectivity index (χ0n) is 11.3. The average Bonchev–Trinajstić information content (AvgIpc) is 2.91. The number of hydrogen-bond acceptors (Lipinski definition) is 2. The highest BCUT2D eigenvalue weighted by molar-refractivity contribution is 5.85. The largest absolute Gasteiger partial charge is 0.481 e. The van der Waals surface area contributed by atoms with Crippen LogP contribution in [0.3, 0.4) is 0 Å². The van der Waals surface area contributed by atoms with Gasteiger partial charge in [0.25, 0.3) is 0 Å². The van der Waals surface area contributed by atoms with Crippen molar-refractivity contribution in [1.82, 2.24) is 0 Å². The third-order valence-corrected chi connectivity index (χ3v) is 3.98. The van der Waals surface area contributed by atoms with Crippen molar-refractivity contribution in [2.24, 2.45) is 11.8 Å². The number of carbonyl (C=O) groups is 2. The highest BCUT2D eigenvalue weighted by Crippen LogP contribution is 2.28. The lowest BCUT2D eigenvalue weighted by Crippen LogP contribution is -2.23. The second-order valence-corrected chi connectivity index (χ2v) is 5.52. The molecule has 1 atom stereocenters. The Bertz CT molecular complexity index is 492. The Morgan fingerprint density at radius 3 is 2.60 bits per heavy atom. The number of carbonyl (C=O) groups excluding carboxylic acids is 1. The second kappa shape index (κ2) is 6.64. The van der Waals surface area contributed by atoms with Gasteiger partial charge in [0, 0.05) is 12.3 Å². The van der Waals surface area contributed by atoms with E-state index in [-0.39, 0.29) is 30.4 Å². The molecule has 1 N–H and O–H groups in total. The number of benzene rings is 1. The van der Waals surface area contributed by atoms with E-state index in [1.165, 1.54) is 12.1 Å². The molecule has 4 heteroatoms. The van der Waals surface area contributed by atoms with Gasteiger partial charge in [-0.2, -0.15) is 0 Å². The summed E-state index contributed by atoms with van der Waals surface area (Å²) in [5, 5.41) is 9.25. The van der Waals surface area contributed by atoms with Gasteiger partial charge in [-0.05, 0) is 37.0 Å². The molecule has 1 unspecified atom stereocenters. The van der Waals surface area contributed by atoms with E-state index in [1.807, 2.05) is 0 Å². The summed E-state index contributed by atoms with van der Waals surface area (Å²) in [5.74, 6) is -2.05. The molecule has 1 fully saturated rings. The molecule has 1 aromatic carbocycles. The number of halogens is 1. The van der Waals surface area contributed by atoms with Crippen molar-refractivity contribution in [1.29, 1.82) is 0 Å². The number of aliphatic carboxylic acids is 1. The standard InChI is InChI=1S/C16H19FO3/c17-14-7-3-4-11(9-14)8-13(16(19)20)10-15(18)12-5-1-2-6-12/h3-4,7,9,12-13H,1-2,5-6,8,10H2,(H,19,20). The molecule has 0 aromatic heterocycles. The van der Waals surface area contributed by atoms with Gasteiger partial charge >= 0.3 is 5.97 Å². The molecule has 0 aliphatic heterocycles. The van der Waals surface area contributed by atoms with Gasteiger partial charge in [-0.3, -0.25) is 9.59 Å². The van der Waals surface area contributed by atoms with Crippen LogP contribution < -0.4 is 0 Å². The van der Waals surface area contributed by atoms with Crippen molar-refractivity contribution in [3.63, 3.8) is 0 Å². The molecule has 0 radical (unpaired) electrons. The molecular weight excluding hydrogens is 259 g/mol. The minimum absolute atomic E-state index is 0.0318. The monoisotopic (exact) mass is 278 g/mol. The van der Waals surface area contributed by atoms with Crippen molar-refractivity contribution in [2.45, 2.75) is 38.5 Å². The van der Waals surface area contributed by atoms with Gasteiger partial charge < -0.3 is 5.11 Å². The molecule has 2 rings (SSSR count). The lowest BCUT2D eigenvalue weighted by atomic mass is 9.89. The number of carboxylic acid groups (broad SMARTS) is 1. The topological polar surface area (TPSA) is 54.4 Å². The maximum atomic E-state index is 13.1. The molecule has 1 aliphatic carbocycles. The third-order valence-electron chi connectivity index (χ3n) is 3.98. The fourth-order valence-electron chi connectivity index (χ4n) is 2.85. The Morgan fingerprint density at radius 1 is 1.30 bits per heavy atom. The van der Waals surface area contributed by atoms with E-state index in [2.05, 4.69) is 0 Å². The first-order chi connectivity index (χ1) is 9.56. The van der Waals surface area contributed by atoms with Gasteiger partial charge in [-0.15, -0.1) is 0 Å². The Labute approximate surface area is 117 Å². The van der Waals surface area contributed by atoms with Crippen molar-refractivity contribution in [3.05, 3.63) is 35.6 Å². The highest BCUT2D eigenvalue weighted by Gasteiger charge is 2.28. The Balaban J connectivity index is 2.00. The Kier molecular flexibility index (Phi) is 4.88. The van der Waals surface area contributed by atoms with Crippen molar-refractivity contribution < 1.29 is 19.1 Å². The smallest absolute Gasteiger partial charge is 0.307 e. The van der Waals surface area contributed by atoms with E-state index < -0.39 is 11.9 Å². The van der Waals surface area contributed by atoms with Crippen molar-refractivity contribution in [3.8, 4) is 0 Å². The molecule has 3 nitrogen and oxygen atoms in total. The second-order valence-electron chi connectivity index (χ2n) is 5.52. The van der Waals surface area contributed by atoms with E-state index in [4.69, 9.17) is 0 Å². The summed E-state index contributed by atoms with van der Waals surface area (Å²) >= 11 is 0. The van der Waals surface area contributed by atoms with E-state index >= 15 is 0 Å². The van der Waals surface area contributed by atoms with E-state index in [0.717, 1.165) is 25.7 Å². The molecule has 1 aromatic rings. The first kappa shape index (κ1) is 14.7. The summed E-state index contributed by atoms with van der Waals surface area (Å²) in [5.41, 5.74) is 0.622. The molecule has 0 saturated heterocycles. The maximum absolute atomic E-state index is 13.1. The predicted molar refractivity (Wildman–Crippen MR) is 72.8 cm³/mol. The highest BCUT2D eigenvalue weighted by atomic mass is 19.1. The molecule has 0 bridgehead atoms.